The van der Waals surface area contributed by atoms with Crippen LogP contribution in [0.4, 0.5) is 0 Å². The second-order valence-electron chi connectivity index (χ2n) is 30.1. The first-order valence-corrected chi connectivity index (χ1v) is 43.3. The van der Waals surface area contributed by atoms with Crippen molar-refractivity contribution in [2.75, 3.05) is 47.5 Å². The summed E-state index contributed by atoms with van der Waals surface area (Å²) >= 11 is 0. The lowest BCUT2D eigenvalue weighted by molar-refractivity contribution is -0.870. The molecule has 0 saturated heterocycles. The van der Waals surface area contributed by atoms with E-state index >= 15 is 0 Å². The summed E-state index contributed by atoms with van der Waals surface area (Å²) in [7, 11) is 5.95. The molecule has 9 nitrogen and oxygen atoms in total. The lowest BCUT2D eigenvalue weighted by Crippen LogP contribution is -2.44. The molecule has 0 saturated carbocycles. The van der Waals surface area contributed by atoms with E-state index in [0.717, 1.165) is 103 Å². The van der Waals surface area contributed by atoms with Crippen LogP contribution in [0, 0.1) is 0 Å². The molecular formula is C94H163NO8. The number of carbonyl (C=O) groups excluding carboxylic acids is 3. The second-order valence-corrected chi connectivity index (χ2v) is 30.1. The molecule has 0 radical (unpaired) electrons. The molecule has 0 fully saturated rings. The van der Waals surface area contributed by atoms with Gasteiger partial charge in [0.1, 0.15) is 13.2 Å². The minimum absolute atomic E-state index is 0.147. The van der Waals surface area contributed by atoms with Crippen LogP contribution in [0.5, 0.6) is 0 Å². The SMILES string of the molecule is CC/C=C\C/C=C\C/C=C\C/C=C\C/C=C\C/C=C\CCCCCCCCCCCCCCCCCCCCCCC(=O)OC(COC(=O)CCCCCCCCCCCCCCCCCCCCCCCCC/C=C\C/C=C\C/C=C\C/C=C\C/C=C\CC)COC(OCC[N+](C)(C)C)C(=O)[O-]. The summed E-state index contributed by atoms with van der Waals surface area (Å²) < 4.78 is 22.9. The molecule has 0 aliphatic carbocycles. The lowest BCUT2D eigenvalue weighted by Gasteiger charge is -2.26. The van der Waals surface area contributed by atoms with Crippen LogP contribution in [-0.2, 0) is 33.3 Å². The molecule has 0 amide bonds. The van der Waals surface area contributed by atoms with Gasteiger partial charge >= 0.3 is 11.9 Å². The molecule has 2 unspecified atom stereocenters. The summed E-state index contributed by atoms with van der Waals surface area (Å²) in [5.74, 6) is -2.26. The van der Waals surface area contributed by atoms with E-state index in [1.54, 1.807) is 0 Å². The zero-order valence-corrected chi connectivity index (χ0v) is 67.9. The van der Waals surface area contributed by atoms with Crippen LogP contribution in [0.25, 0.3) is 0 Å². The van der Waals surface area contributed by atoms with E-state index in [1.807, 2.05) is 21.1 Å². The number of nitrogens with zero attached hydrogens (tertiary/aromatic N) is 1. The normalized spacial score (nSPS) is 13.3. The van der Waals surface area contributed by atoms with Crippen molar-refractivity contribution < 1.29 is 42.9 Å². The van der Waals surface area contributed by atoms with Gasteiger partial charge in [-0.25, -0.2) is 0 Å². The van der Waals surface area contributed by atoms with Crippen LogP contribution in [-0.4, -0.2) is 82.3 Å². The van der Waals surface area contributed by atoms with Crippen molar-refractivity contribution >= 4 is 17.9 Å². The zero-order valence-electron chi connectivity index (χ0n) is 67.9. The number of aliphatic carboxylic acids is 1. The van der Waals surface area contributed by atoms with Crippen LogP contribution >= 0.6 is 0 Å². The molecule has 103 heavy (non-hydrogen) atoms. The van der Waals surface area contributed by atoms with Crippen molar-refractivity contribution in [3.63, 3.8) is 0 Å². The summed E-state index contributed by atoms with van der Waals surface area (Å²) in [6.45, 7) is 4.57. The zero-order chi connectivity index (χ0) is 74.6. The van der Waals surface area contributed by atoms with Gasteiger partial charge in [-0.05, 0) is 109 Å². The third kappa shape index (κ3) is 84.6. The molecule has 0 heterocycles. The number of ether oxygens (including phenoxy) is 4. The predicted octanol–water partition coefficient (Wildman–Crippen LogP) is 27.0. The second kappa shape index (κ2) is 83.1. The molecule has 0 aromatic carbocycles. The van der Waals surface area contributed by atoms with E-state index in [4.69, 9.17) is 18.9 Å². The minimum atomic E-state index is -1.63. The Bertz CT molecular complexity index is 2170. The number of likely N-dealkylation sites (N-methyl/N-ethyl adjacent to an activating group) is 1. The average molecular weight is 1440 g/mol. The Morgan fingerprint density at radius 2 is 0.524 bits per heavy atom. The number of esters is 2. The van der Waals surface area contributed by atoms with Gasteiger partial charge in [0.15, 0.2) is 12.4 Å². The fourth-order valence-corrected chi connectivity index (χ4v) is 12.4. The molecule has 0 bridgehead atoms. The molecule has 9 heteroatoms. The number of carbonyl (C=O) groups is 3. The highest BCUT2D eigenvalue weighted by Gasteiger charge is 2.22. The van der Waals surface area contributed by atoms with Crippen LogP contribution in [0.2, 0.25) is 0 Å². The first kappa shape index (κ1) is 98.4. The van der Waals surface area contributed by atoms with Crippen molar-refractivity contribution in [3.05, 3.63) is 134 Å². The van der Waals surface area contributed by atoms with E-state index in [2.05, 4.69) is 148 Å². The fraction of sp³-hybridized carbons (Fsp3) is 0.734. The molecule has 0 aliphatic rings. The highest BCUT2D eigenvalue weighted by atomic mass is 16.7. The van der Waals surface area contributed by atoms with Crippen molar-refractivity contribution in [2.24, 2.45) is 0 Å². The maximum atomic E-state index is 13.0. The van der Waals surface area contributed by atoms with Gasteiger partial charge in [0, 0.05) is 12.8 Å². The van der Waals surface area contributed by atoms with Gasteiger partial charge in [-0.15, -0.1) is 0 Å². The van der Waals surface area contributed by atoms with Crippen LogP contribution in [0.3, 0.4) is 0 Å². The number of unbranched alkanes of at least 4 members (excludes halogenated alkanes) is 43. The number of quaternary nitrogens is 1. The maximum Gasteiger partial charge on any atom is 0.306 e. The Labute approximate surface area is 637 Å². The van der Waals surface area contributed by atoms with E-state index in [1.165, 1.54) is 250 Å². The van der Waals surface area contributed by atoms with Gasteiger partial charge in [-0.3, -0.25) is 9.59 Å². The molecule has 0 aromatic heterocycles. The van der Waals surface area contributed by atoms with Crippen LogP contribution in [0.15, 0.2) is 134 Å². The van der Waals surface area contributed by atoms with Gasteiger partial charge in [0.2, 0.25) is 0 Å². The molecular weight excluding hydrogens is 1270 g/mol. The largest absolute Gasteiger partial charge is 0.545 e. The van der Waals surface area contributed by atoms with E-state index in [9.17, 15) is 19.5 Å². The molecule has 2 atom stereocenters. The summed E-state index contributed by atoms with van der Waals surface area (Å²) in [5, 5.41) is 11.9. The molecule has 0 rings (SSSR count). The third-order valence-electron chi connectivity index (χ3n) is 18.9. The van der Waals surface area contributed by atoms with Gasteiger partial charge in [-0.2, -0.15) is 0 Å². The van der Waals surface area contributed by atoms with Gasteiger partial charge < -0.3 is 33.3 Å². The standard InChI is InChI=1S/C94H163NO8/c1-6-8-10-12-14-16-18-20-22-24-26-28-30-32-34-36-38-40-42-44-46-48-50-52-54-56-58-60-62-64-66-68-70-72-74-76-78-80-82-84-91(96)101-88-90(89-102-94(93(98)99)100-87-86-95(3,4)5)103-92(97)85-83-81-79-77-75-73-71-69-67-65-63-61-59-57-55-53-51-49-47-45-43-41-39-37-35-33-31-29-27-25-23-21-19-17-15-13-11-9-7-2/h8-11,14-17,20-23,26-29,32-35,39,41,90,94H,6-7,12-13,18-19,24-25,30-31,36-38,40,42-89H2,1-5H3/b10-8-,11-9-,16-14-,17-15-,22-20-,23-21-,28-26-,29-27-,34-32-,35-33-,41-39-. The number of carboxylic acid groups (broad SMARTS) is 1. The Kier molecular flexibility index (Phi) is 79.4. The molecule has 0 aromatic rings. The quantitative estimate of drug-likeness (QED) is 0.0195. The Morgan fingerprint density at radius 3 is 0.777 bits per heavy atom. The molecule has 0 spiro atoms. The van der Waals surface area contributed by atoms with Gasteiger partial charge in [-0.1, -0.05) is 398 Å². The van der Waals surface area contributed by atoms with Gasteiger partial charge in [0.25, 0.3) is 0 Å². The summed E-state index contributed by atoms with van der Waals surface area (Å²) in [6, 6.07) is 0. The minimum Gasteiger partial charge on any atom is -0.545 e. The van der Waals surface area contributed by atoms with Crippen molar-refractivity contribution in [1.82, 2.24) is 0 Å². The van der Waals surface area contributed by atoms with Gasteiger partial charge in [0.05, 0.1) is 40.3 Å². The van der Waals surface area contributed by atoms with Crippen molar-refractivity contribution in [3.8, 4) is 0 Å². The number of hydrogen-bond acceptors (Lipinski definition) is 8. The van der Waals surface area contributed by atoms with E-state index < -0.39 is 24.3 Å². The number of allylic oxidation sites excluding steroid dienone is 22. The Balaban J connectivity index is 3.95. The Hall–Kier alpha value is -4.57. The summed E-state index contributed by atoms with van der Waals surface area (Å²) in [6.07, 6.45) is 117. The highest BCUT2D eigenvalue weighted by Crippen LogP contribution is 2.20. The number of carboxylic acids is 1. The smallest absolute Gasteiger partial charge is 0.306 e. The van der Waals surface area contributed by atoms with Crippen LogP contribution < -0.4 is 5.11 Å². The first-order chi connectivity index (χ1) is 50.6. The van der Waals surface area contributed by atoms with Crippen LogP contribution in [0.1, 0.15) is 386 Å². The summed E-state index contributed by atoms with van der Waals surface area (Å²) in [4.78, 5) is 37.7. The third-order valence-corrected chi connectivity index (χ3v) is 18.9. The van der Waals surface area contributed by atoms with Crippen molar-refractivity contribution in [2.45, 2.75) is 399 Å². The van der Waals surface area contributed by atoms with E-state index in [-0.39, 0.29) is 32.2 Å². The number of rotatable bonds is 80. The summed E-state index contributed by atoms with van der Waals surface area (Å²) in [5.41, 5.74) is 0. The molecule has 0 aliphatic heterocycles. The highest BCUT2D eigenvalue weighted by molar-refractivity contribution is 5.70. The first-order valence-electron chi connectivity index (χ1n) is 43.3. The topological polar surface area (TPSA) is 111 Å². The Morgan fingerprint density at radius 1 is 0.291 bits per heavy atom. The molecule has 592 valence electrons. The number of hydrogen-bond donors (Lipinski definition) is 0. The van der Waals surface area contributed by atoms with E-state index in [0.29, 0.717) is 23.9 Å². The monoisotopic (exact) mass is 1430 g/mol. The molecule has 0 N–H and O–H groups in total. The maximum absolute atomic E-state index is 13.0. The average Bonchev–Trinajstić information content (AvgIpc) is 0.985. The predicted molar refractivity (Wildman–Crippen MR) is 444 cm³/mol. The fourth-order valence-electron chi connectivity index (χ4n) is 12.4. The lowest BCUT2D eigenvalue weighted by atomic mass is 10.0. The van der Waals surface area contributed by atoms with Crippen molar-refractivity contribution in [1.29, 1.82) is 0 Å².